The van der Waals surface area contributed by atoms with Crippen molar-refractivity contribution < 1.29 is 18.0 Å². The number of sulfonamides is 1. The topological polar surface area (TPSA) is 118 Å². The van der Waals surface area contributed by atoms with Crippen molar-refractivity contribution in [2.24, 2.45) is 5.14 Å². The van der Waals surface area contributed by atoms with Gasteiger partial charge in [-0.15, -0.1) is 0 Å². The van der Waals surface area contributed by atoms with Gasteiger partial charge in [-0.25, -0.2) is 13.6 Å². The van der Waals surface area contributed by atoms with Crippen molar-refractivity contribution >= 4 is 50.7 Å². The summed E-state index contributed by atoms with van der Waals surface area (Å²) in [7, 11) is -3.78. The summed E-state index contributed by atoms with van der Waals surface area (Å²) < 4.78 is 22.3. The summed E-state index contributed by atoms with van der Waals surface area (Å²) in [5, 5.41) is 10.1. The van der Waals surface area contributed by atoms with Crippen LogP contribution in [0.25, 0.3) is 0 Å². The molecule has 0 spiro atoms. The second-order valence-corrected chi connectivity index (χ2v) is 7.27. The molecular formula is C15H13Cl2N3O4S. The molecule has 2 rings (SSSR count). The van der Waals surface area contributed by atoms with E-state index in [-0.39, 0.29) is 27.2 Å². The highest BCUT2D eigenvalue weighted by Crippen LogP contribution is 2.29. The number of benzene rings is 2. The normalized spacial score (nSPS) is 11.0. The second-order valence-electron chi connectivity index (χ2n) is 4.93. The molecule has 2 amide bonds. The number of carbonyl (C=O) groups excluding carboxylic acids is 2. The molecule has 2 aromatic rings. The maximum Gasteiger partial charge on any atom is 0.313 e. The lowest BCUT2D eigenvalue weighted by Gasteiger charge is -2.09. The van der Waals surface area contributed by atoms with Crippen LogP contribution in [0.5, 0.6) is 0 Å². The van der Waals surface area contributed by atoms with Gasteiger partial charge in [0.05, 0.1) is 20.6 Å². The van der Waals surface area contributed by atoms with Gasteiger partial charge in [-0.3, -0.25) is 9.59 Å². The van der Waals surface area contributed by atoms with Crippen molar-refractivity contribution in [3.8, 4) is 0 Å². The van der Waals surface area contributed by atoms with E-state index in [0.29, 0.717) is 5.56 Å². The number of amides is 2. The maximum absolute atomic E-state index is 11.9. The van der Waals surface area contributed by atoms with Gasteiger partial charge >= 0.3 is 11.8 Å². The van der Waals surface area contributed by atoms with Gasteiger partial charge in [0.2, 0.25) is 10.0 Å². The van der Waals surface area contributed by atoms with Crippen LogP contribution in [0.15, 0.2) is 47.4 Å². The fraction of sp³-hybridized carbons (Fsp3) is 0.0667. The Balaban J connectivity index is 1.95. The highest BCUT2D eigenvalue weighted by molar-refractivity contribution is 7.89. The highest BCUT2D eigenvalue weighted by atomic mass is 35.5. The zero-order chi connectivity index (χ0) is 18.6. The number of rotatable bonds is 4. The molecule has 0 atom stereocenters. The molecule has 0 aliphatic rings. The molecule has 0 fully saturated rings. The highest BCUT2D eigenvalue weighted by Gasteiger charge is 2.16. The third kappa shape index (κ3) is 5.17. The molecule has 0 aliphatic heterocycles. The number of nitrogens with two attached hydrogens (primary N) is 1. The van der Waals surface area contributed by atoms with E-state index in [4.69, 9.17) is 28.3 Å². The molecule has 0 aliphatic carbocycles. The fourth-order valence-corrected chi connectivity index (χ4v) is 2.70. The molecule has 0 aromatic heterocycles. The van der Waals surface area contributed by atoms with Crippen LogP contribution in [0, 0.1) is 0 Å². The smallest absolute Gasteiger partial charge is 0.313 e. The van der Waals surface area contributed by atoms with E-state index in [1.807, 2.05) is 0 Å². The number of carbonyl (C=O) groups is 2. The first-order valence-electron chi connectivity index (χ1n) is 6.83. The molecule has 0 heterocycles. The van der Waals surface area contributed by atoms with Gasteiger partial charge in [0, 0.05) is 6.54 Å². The number of halogens is 2. The summed E-state index contributed by atoms with van der Waals surface area (Å²) in [5.41, 5.74) is 0.807. The van der Waals surface area contributed by atoms with Gasteiger partial charge in [-0.1, -0.05) is 41.4 Å². The minimum absolute atomic E-state index is 0.0282. The van der Waals surface area contributed by atoms with Crippen LogP contribution in [0.1, 0.15) is 5.56 Å². The number of nitrogens with one attached hydrogen (secondary N) is 2. The first-order valence-corrected chi connectivity index (χ1v) is 9.13. The minimum atomic E-state index is -3.78. The second kappa shape index (κ2) is 7.83. The van der Waals surface area contributed by atoms with Crippen LogP contribution >= 0.6 is 23.2 Å². The van der Waals surface area contributed by atoms with Crippen molar-refractivity contribution in [3.63, 3.8) is 0 Å². The Morgan fingerprint density at radius 3 is 2.24 bits per heavy atom. The zero-order valence-electron chi connectivity index (χ0n) is 12.6. The van der Waals surface area contributed by atoms with E-state index < -0.39 is 21.8 Å². The largest absolute Gasteiger partial charge is 0.344 e. The first-order chi connectivity index (χ1) is 11.7. The van der Waals surface area contributed by atoms with Crippen molar-refractivity contribution in [1.82, 2.24) is 5.32 Å². The Hall–Kier alpha value is -2.13. The van der Waals surface area contributed by atoms with Gasteiger partial charge in [0.25, 0.3) is 0 Å². The fourth-order valence-electron chi connectivity index (χ4n) is 1.84. The summed E-state index contributed by atoms with van der Waals surface area (Å²) in [5.74, 6) is -1.79. The lowest BCUT2D eigenvalue weighted by atomic mass is 10.2. The minimum Gasteiger partial charge on any atom is -0.344 e. The third-order valence-electron chi connectivity index (χ3n) is 3.11. The van der Waals surface area contributed by atoms with Crippen molar-refractivity contribution in [2.45, 2.75) is 11.4 Å². The van der Waals surface area contributed by atoms with Crippen LogP contribution < -0.4 is 15.8 Å². The number of anilines is 1. The monoisotopic (exact) mass is 401 g/mol. The van der Waals surface area contributed by atoms with Gasteiger partial charge in [0.15, 0.2) is 0 Å². The van der Waals surface area contributed by atoms with Crippen molar-refractivity contribution in [2.75, 3.05) is 5.32 Å². The number of hydrogen-bond donors (Lipinski definition) is 3. The lowest BCUT2D eigenvalue weighted by Crippen LogP contribution is -2.35. The maximum atomic E-state index is 11.9. The molecule has 10 heteroatoms. The van der Waals surface area contributed by atoms with Crippen LogP contribution in [0.3, 0.4) is 0 Å². The van der Waals surface area contributed by atoms with Crippen LogP contribution in [-0.4, -0.2) is 20.2 Å². The van der Waals surface area contributed by atoms with Crippen LogP contribution in [0.4, 0.5) is 5.69 Å². The average molecular weight is 402 g/mol. The predicted molar refractivity (Wildman–Crippen MR) is 94.8 cm³/mol. The number of hydrogen-bond acceptors (Lipinski definition) is 4. The number of primary sulfonamides is 1. The Labute approximate surface area is 154 Å². The van der Waals surface area contributed by atoms with Crippen molar-refractivity contribution in [1.29, 1.82) is 0 Å². The van der Waals surface area contributed by atoms with Crippen molar-refractivity contribution in [3.05, 3.63) is 58.1 Å². The molecule has 7 nitrogen and oxygen atoms in total. The van der Waals surface area contributed by atoms with Gasteiger partial charge in [-0.05, 0) is 29.8 Å². The van der Waals surface area contributed by atoms with E-state index in [1.54, 1.807) is 12.1 Å². The summed E-state index contributed by atoms with van der Waals surface area (Å²) in [6.45, 7) is 0.0282. The average Bonchev–Trinajstić information content (AvgIpc) is 2.56. The molecular weight excluding hydrogens is 389 g/mol. The molecule has 132 valence electrons. The first kappa shape index (κ1) is 19.2. The van der Waals surface area contributed by atoms with Gasteiger partial charge in [0.1, 0.15) is 0 Å². The Kier molecular flexibility index (Phi) is 6.02. The molecule has 0 radical (unpaired) electrons. The molecule has 4 N–H and O–H groups in total. The molecule has 0 saturated carbocycles. The SMILES string of the molecule is NS(=O)(=O)c1ccc(CNC(=O)C(=O)Nc2cccc(Cl)c2Cl)cc1. The molecule has 0 unspecified atom stereocenters. The van der Waals surface area contributed by atoms with E-state index in [9.17, 15) is 18.0 Å². The van der Waals surface area contributed by atoms with E-state index in [2.05, 4.69) is 10.6 Å². The Morgan fingerprint density at radius 1 is 1.00 bits per heavy atom. The third-order valence-corrected chi connectivity index (χ3v) is 4.86. The summed E-state index contributed by atoms with van der Waals surface area (Å²) in [6, 6.07) is 10.2. The molecule has 2 aromatic carbocycles. The van der Waals surface area contributed by atoms with Crippen LogP contribution in [0.2, 0.25) is 10.0 Å². The van der Waals surface area contributed by atoms with E-state index >= 15 is 0 Å². The molecule has 25 heavy (non-hydrogen) atoms. The Morgan fingerprint density at radius 2 is 1.64 bits per heavy atom. The van der Waals surface area contributed by atoms with Crippen LogP contribution in [-0.2, 0) is 26.2 Å². The van der Waals surface area contributed by atoms with Gasteiger partial charge in [-0.2, -0.15) is 0 Å². The molecule has 0 bridgehead atoms. The summed E-state index contributed by atoms with van der Waals surface area (Å²) in [6.07, 6.45) is 0. The van der Waals surface area contributed by atoms with E-state index in [1.165, 1.54) is 30.3 Å². The standard InChI is InChI=1S/C15H13Cl2N3O4S/c16-11-2-1-3-12(13(11)17)20-15(22)14(21)19-8-9-4-6-10(7-5-9)25(18,23)24/h1-7H,8H2,(H,19,21)(H,20,22)(H2,18,23,24). The lowest BCUT2D eigenvalue weighted by molar-refractivity contribution is -0.136. The summed E-state index contributed by atoms with van der Waals surface area (Å²) in [4.78, 5) is 23.6. The van der Waals surface area contributed by atoms with Gasteiger partial charge < -0.3 is 10.6 Å². The summed E-state index contributed by atoms with van der Waals surface area (Å²) >= 11 is 11.8. The zero-order valence-corrected chi connectivity index (χ0v) is 15.0. The van der Waals surface area contributed by atoms with E-state index in [0.717, 1.165) is 0 Å². The predicted octanol–water partition coefficient (Wildman–Crippen LogP) is 1.90. The Bertz CT molecular complexity index is 915. The quantitative estimate of drug-likeness (QED) is 0.677. The molecule has 0 saturated heterocycles.